The molecule has 4 nitrogen and oxygen atoms in total. The minimum atomic E-state index is 0.169. The second-order valence-electron chi connectivity index (χ2n) is 7.70. The first kappa shape index (κ1) is 14.0. The van der Waals surface area contributed by atoms with Crippen molar-refractivity contribution in [3.05, 3.63) is 65.6 Å². The van der Waals surface area contributed by atoms with Gasteiger partial charge in [-0.25, -0.2) is 0 Å². The Hall–Kier alpha value is -2.17. The molecule has 0 saturated carbocycles. The first-order valence-corrected chi connectivity index (χ1v) is 9.38. The smallest absolute Gasteiger partial charge is 0.0909 e. The third-order valence-corrected chi connectivity index (χ3v) is 6.68. The lowest BCUT2D eigenvalue weighted by Gasteiger charge is -2.62. The highest BCUT2D eigenvalue weighted by Crippen LogP contribution is 2.53. The molecule has 6 heterocycles. The van der Waals surface area contributed by atoms with Gasteiger partial charge in [-0.15, -0.1) is 0 Å². The van der Waals surface area contributed by atoms with Gasteiger partial charge in [0, 0.05) is 54.2 Å². The number of nitrogens with zero attached hydrogens (tertiary/aromatic N) is 3. The number of pyridine rings is 1. The molecule has 0 unspecified atom stereocenters. The standard InChI is InChI=1S/C21H22N4/c1-2-6-18-16(5-1)17-7-11-25-20(15-4-3-10-22-14-15)24-12-8-21(25,9-13-24)19(17)23-18/h1-6,10,14,20,23H,7-9,11-13H2/t20-/m0/s1. The van der Waals surface area contributed by atoms with E-state index < -0.39 is 0 Å². The Bertz CT molecular complexity index is 937. The highest BCUT2D eigenvalue weighted by Gasteiger charge is 2.55. The van der Waals surface area contributed by atoms with Crippen LogP contribution in [0.4, 0.5) is 0 Å². The van der Waals surface area contributed by atoms with E-state index in [1.54, 1.807) is 5.56 Å². The Balaban J connectivity index is 1.55. The highest BCUT2D eigenvalue weighted by atomic mass is 15.4. The van der Waals surface area contributed by atoms with E-state index in [0.29, 0.717) is 6.17 Å². The van der Waals surface area contributed by atoms with Crippen LogP contribution < -0.4 is 0 Å². The number of aromatic amines is 1. The van der Waals surface area contributed by atoms with Crippen LogP contribution in [0.5, 0.6) is 0 Å². The molecule has 1 spiro atoms. The Labute approximate surface area is 147 Å². The van der Waals surface area contributed by atoms with Crippen LogP contribution in [0.1, 0.15) is 35.8 Å². The van der Waals surface area contributed by atoms with Gasteiger partial charge >= 0.3 is 0 Å². The average Bonchev–Trinajstić information content (AvgIpc) is 3.08. The number of para-hydroxylation sites is 1. The van der Waals surface area contributed by atoms with Crippen LogP contribution >= 0.6 is 0 Å². The summed E-state index contributed by atoms with van der Waals surface area (Å²) in [5.41, 5.74) is 5.86. The third kappa shape index (κ3) is 1.76. The quantitative estimate of drug-likeness (QED) is 0.742. The van der Waals surface area contributed by atoms with Gasteiger partial charge in [-0.3, -0.25) is 14.8 Å². The number of hydrogen-bond acceptors (Lipinski definition) is 3. The average molecular weight is 330 g/mol. The first-order valence-electron chi connectivity index (χ1n) is 9.38. The third-order valence-electron chi connectivity index (χ3n) is 6.68. The molecule has 1 aromatic carbocycles. The predicted molar refractivity (Wildman–Crippen MR) is 98.2 cm³/mol. The normalized spacial score (nSPS) is 31.0. The van der Waals surface area contributed by atoms with E-state index in [2.05, 4.69) is 62.4 Å². The summed E-state index contributed by atoms with van der Waals surface area (Å²) in [5.74, 6) is 0. The number of nitrogens with one attached hydrogen (secondary N) is 1. The molecule has 3 fully saturated rings. The maximum Gasteiger partial charge on any atom is 0.0909 e. The number of hydrogen-bond donors (Lipinski definition) is 1. The largest absolute Gasteiger partial charge is 0.357 e. The summed E-state index contributed by atoms with van der Waals surface area (Å²) in [5, 5.41) is 1.43. The summed E-state index contributed by atoms with van der Waals surface area (Å²) in [4.78, 5) is 13.6. The van der Waals surface area contributed by atoms with Crippen LogP contribution in [0, 0.1) is 0 Å². The Morgan fingerprint density at radius 2 is 1.92 bits per heavy atom. The SMILES string of the molecule is c1cncc([C@H]2N3CCC4(CC3)c3[nH]c5ccccc5c3CCN24)c1. The van der Waals surface area contributed by atoms with Gasteiger partial charge in [0.15, 0.2) is 0 Å². The molecule has 0 amide bonds. The number of rotatable bonds is 1. The molecule has 2 aromatic heterocycles. The van der Waals surface area contributed by atoms with Crippen LogP contribution in [-0.4, -0.2) is 39.4 Å². The summed E-state index contributed by atoms with van der Waals surface area (Å²) in [6.07, 6.45) is 7.89. The van der Waals surface area contributed by atoms with Crippen molar-refractivity contribution in [1.82, 2.24) is 19.8 Å². The molecule has 0 radical (unpaired) electrons. The molecule has 4 aliphatic rings. The van der Waals surface area contributed by atoms with Crippen molar-refractivity contribution in [2.24, 2.45) is 0 Å². The minimum absolute atomic E-state index is 0.169. The molecule has 25 heavy (non-hydrogen) atoms. The molecule has 2 bridgehead atoms. The van der Waals surface area contributed by atoms with Crippen molar-refractivity contribution in [3.8, 4) is 0 Å². The number of piperidine rings is 1. The number of aromatic nitrogens is 2. The van der Waals surface area contributed by atoms with Gasteiger partial charge in [-0.05, 0) is 37.0 Å². The van der Waals surface area contributed by atoms with Gasteiger partial charge in [0.1, 0.15) is 0 Å². The Morgan fingerprint density at radius 3 is 2.76 bits per heavy atom. The molecule has 1 N–H and O–H groups in total. The molecule has 3 saturated heterocycles. The molecule has 1 atom stereocenters. The molecule has 7 rings (SSSR count). The van der Waals surface area contributed by atoms with Crippen LogP contribution in [0.25, 0.3) is 10.9 Å². The van der Waals surface area contributed by atoms with E-state index in [1.165, 1.54) is 48.1 Å². The highest BCUT2D eigenvalue weighted by molar-refractivity contribution is 5.85. The minimum Gasteiger partial charge on any atom is -0.357 e. The molecule has 0 aliphatic carbocycles. The fourth-order valence-corrected chi connectivity index (χ4v) is 5.60. The zero-order valence-corrected chi connectivity index (χ0v) is 14.3. The first-order chi connectivity index (χ1) is 12.4. The van der Waals surface area contributed by atoms with Gasteiger partial charge in [0.2, 0.25) is 0 Å². The van der Waals surface area contributed by atoms with Gasteiger partial charge in [0.05, 0.1) is 11.7 Å². The fraction of sp³-hybridized carbons (Fsp3) is 0.381. The fourth-order valence-electron chi connectivity index (χ4n) is 5.60. The van der Waals surface area contributed by atoms with Crippen molar-refractivity contribution in [3.63, 3.8) is 0 Å². The van der Waals surface area contributed by atoms with Crippen LogP contribution in [0.15, 0.2) is 48.8 Å². The van der Waals surface area contributed by atoms with E-state index >= 15 is 0 Å². The summed E-state index contributed by atoms with van der Waals surface area (Å²) in [6, 6.07) is 13.1. The van der Waals surface area contributed by atoms with E-state index in [4.69, 9.17) is 0 Å². The molecular weight excluding hydrogens is 308 g/mol. The van der Waals surface area contributed by atoms with E-state index in [1.807, 2.05) is 6.20 Å². The molecule has 4 aliphatic heterocycles. The topological polar surface area (TPSA) is 35.2 Å². The van der Waals surface area contributed by atoms with Crippen LogP contribution in [0.3, 0.4) is 0 Å². The van der Waals surface area contributed by atoms with Crippen molar-refractivity contribution in [1.29, 1.82) is 0 Å². The molecule has 4 heteroatoms. The molecule has 126 valence electrons. The zero-order valence-electron chi connectivity index (χ0n) is 14.3. The van der Waals surface area contributed by atoms with Gasteiger partial charge in [-0.1, -0.05) is 24.3 Å². The summed E-state index contributed by atoms with van der Waals surface area (Å²) < 4.78 is 0. The van der Waals surface area contributed by atoms with E-state index in [-0.39, 0.29) is 5.54 Å². The monoisotopic (exact) mass is 330 g/mol. The summed E-state index contributed by atoms with van der Waals surface area (Å²) in [7, 11) is 0. The predicted octanol–water partition coefficient (Wildman–Crippen LogP) is 3.42. The van der Waals surface area contributed by atoms with Crippen molar-refractivity contribution >= 4 is 10.9 Å². The lowest BCUT2D eigenvalue weighted by Crippen LogP contribution is -2.66. The second kappa shape index (κ2) is 4.93. The van der Waals surface area contributed by atoms with E-state index in [0.717, 1.165) is 13.0 Å². The van der Waals surface area contributed by atoms with Gasteiger partial charge in [0.25, 0.3) is 0 Å². The molecular formula is C21H22N4. The summed E-state index contributed by atoms with van der Waals surface area (Å²) >= 11 is 0. The lowest BCUT2D eigenvalue weighted by molar-refractivity contribution is -0.149. The van der Waals surface area contributed by atoms with Crippen LogP contribution in [-0.2, 0) is 12.0 Å². The van der Waals surface area contributed by atoms with Crippen LogP contribution in [0.2, 0.25) is 0 Å². The lowest BCUT2D eigenvalue weighted by atomic mass is 9.74. The van der Waals surface area contributed by atoms with Crippen molar-refractivity contribution in [2.45, 2.75) is 31.0 Å². The maximum atomic E-state index is 4.40. The molecule has 3 aromatic rings. The van der Waals surface area contributed by atoms with Gasteiger partial charge < -0.3 is 4.98 Å². The number of benzene rings is 1. The number of H-pyrrole nitrogens is 1. The van der Waals surface area contributed by atoms with Crippen molar-refractivity contribution < 1.29 is 0 Å². The van der Waals surface area contributed by atoms with Crippen molar-refractivity contribution in [2.75, 3.05) is 19.6 Å². The Morgan fingerprint density at radius 1 is 1.04 bits per heavy atom. The second-order valence-corrected chi connectivity index (χ2v) is 7.70. The Kier molecular flexibility index (Phi) is 2.77. The summed E-state index contributed by atoms with van der Waals surface area (Å²) in [6.45, 7) is 3.47. The maximum absolute atomic E-state index is 4.40. The number of fused-ring (bicyclic) bond motifs is 5. The zero-order chi connectivity index (χ0) is 16.4. The van der Waals surface area contributed by atoms with Gasteiger partial charge in [-0.2, -0.15) is 0 Å². The van der Waals surface area contributed by atoms with E-state index in [9.17, 15) is 0 Å².